The molecule has 0 aliphatic heterocycles. The van der Waals surface area contributed by atoms with Crippen LogP contribution >= 0.6 is 11.6 Å². The Morgan fingerprint density at radius 2 is 1.69 bits per heavy atom. The molecule has 0 fully saturated rings. The Morgan fingerprint density at radius 1 is 0.943 bits per heavy atom. The van der Waals surface area contributed by atoms with Gasteiger partial charge in [0.05, 0.1) is 0 Å². The average Bonchev–Trinajstić information content (AvgIpc) is 3.03. The zero-order valence-electron chi connectivity index (χ0n) is 21.6. The number of halogens is 1. The van der Waals surface area contributed by atoms with E-state index in [1.54, 1.807) is 6.92 Å². The first-order valence-electron chi connectivity index (χ1n) is 13.1. The third-order valence-corrected chi connectivity index (χ3v) is 7.75. The summed E-state index contributed by atoms with van der Waals surface area (Å²) in [5.74, 6) is 0.874. The van der Waals surface area contributed by atoms with E-state index in [2.05, 4.69) is 69.3 Å². The van der Waals surface area contributed by atoms with Crippen molar-refractivity contribution in [1.82, 2.24) is 0 Å². The van der Waals surface area contributed by atoms with Crippen LogP contribution in [0.1, 0.15) is 96.6 Å². The number of rotatable bonds is 8. The molecular weight excluding hydrogens is 448 g/mol. The second-order valence-corrected chi connectivity index (χ2v) is 10.5. The fourth-order valence-corrected chi connectivity index (χ4v) is 5.80. The minimum Gasteiger partial charge on any atom is -0.295 e. The van der Waals surface area contributed by atoms with Crippen LogP contribution in [-0.2, 0) is 12.8 Å². The number of benzene rings is 3. The van der Waals surface area contributed by atoms with Crippen LogP contribution in [0.2, 0.25) is 5.02 Å². The molecule has 3 aromatic rings. The Labute approximate surface area is 216 Å². The van der Waals surface area contributed by atoms with Crippen LogP contribution in [0.3, 0.4) is 0 Å². The highest BCUT2D eigenvalue weighted by molar-refractivity contribution is 6.30. The Hall–Kier alpha value is -2.64. The number of carbonyl (C=O) groups is 1. The molecule has 4 rings (SSSR count). The van der Waals surface area contributed by atoms with E-state index >= 15 is 0 Å². The Bertz CT molecular complexity index is 1230. The predicted molar refractivity (Wildman–Crippen MR) is 150 cm³/mol. The Balaban J connectivity index is 1.86. The molecule has 1 nitrogen and oxygen atoms in total. The number of ketones is 1. The summed E-state index contributed by atoms with van der Waals surface area (Å²) in [6, 6.07) is 21.8. The van der Waals surface area contributed by atoms with Gasteiger partial charge in [0.25, 0.3) is 0 Å². The van der Waals surface area contributed by atoms with E-state index in [0.717, 1.165) is 42.2 Å². The van der Waals surface area contributed by atoms with Gasteiger partial charge in [-0.25, -0.2) is 0 Å². The predicted octanol–water partition coefficient (Wildman–Crippen LogP) is 9.52. The molecule has 0 heterocycles. The van der Waals surface area contributed by atoms with E-state index in [0.29, 0.717) is 0 Å². The Morgan fingerprint density at radius 3 is 2.34 bits per heavy atom. The second-order valence-electron chi connectivity index (χ2n) is 10.1. The van der Waals surface area contributed by atoms with Crippen molar-refractivity contribution in [1.29, 1.82) is 0 Å². The quantitative estimate of drug-likeness (QED) is 0.291. The van der Waals surface area contributed by atoms with Gasteiger partial charge in [0.1, 0.15) is 0 Å². The molecular formula is C33H37ClO. The van der Waals surface area contributed by atoms with Gasteiger partial charge >= 0.3 is 0 Å². The highest BCUT2D eigenvalue weighted by atomic mass is 35.5. The van der Waals surface area contributed by atoms with E-state index < -0.39 is 0 Å². The van der Waals surface area contributed by atoms with Gasteiger partial charge in [0.2, 0.25) is 0 Å². The van der Waals surface area contributed by atoms with Crippen LogP contribution in [0.4, 0.5) is 0 Å². The zero-order chi connectivity index (χ0) is 24.9. The van der Waals surface area contributed by atoms with E-state index in [-0.39, 0.29) is 5.78 Å². The van der Waals surface area contributed by atoms with Crippen molar-refractivity contribution in [3.05, 3.63) is 105 Å². The van der Waals surface area contributed by atoms with Gasteiger partial charge in [0, 0.05) is 10.6 Å². The molecule has 1 unspecified atom stereocenters. The lowest BCUT2D eigenvalue weighted by molar-refractivity contribution is 0.101. The molecule has 0 saturated heterocycles. The summed E-state index contributed by atoms with van der Waals surface area (Å²) < 4.78 is 0. The summed E-state index contributed by atoms with van der Waals surface area (Å²) in [5, 5.41) is 0.774. The summed E-state index contributed by atoms with van der Waals surface area (Å²) in [7, 11) is 0. The lowest BCUT2D eigenvalue weighted by atomic mass is 9.85. The van der Waals surface area contributed by atoms with E-state index in [4.69, 9.17) is 11.6 Å². The number of fused-ring (bicyclic) bond motifs is 1. The minimum atomic E-state index is 0.123. The van der Waals surface area contributed by atoms with Gasteiger partial charge < -0.3 is 0 Å². The van der Waals surface area contributed by atoms with Gasteiger partial charge in [-0.1, -0.05) is 87.2 Å². The van der Waals surface area contributed by atoms with Gasteiger partial charge in [0.15, 0.2) is 5.78 Å². The molecule has 0 bridgehead atoms. The molecule has 2 heteroatoms. The first-order valence-corrected chi connectivity index (χ1v) is 13.5. The van der Waals surface area contributed by atoms with Crippen LogP contribution < -0.4 is 0 Å². The molecule has 0 saturated carbocycles. The summed E-state index contributed by atoms with van der Waals surface area (Å²) >= 11 is 6.31. The van der Waals surface area contributed by atoms with Gasteiger partial charge in [-0.15, -0.1) is 0 Å². The standard InChI is InChI=1S/C33H37ClO/c1-5-8-24(6-2)20-25-11-13-26(14-12-25)33-31-17-15-27(23(4)35)21-28(31)9-7-10-32(33)30-18-16-29(34)19-22(30)3/h11-19,21,24H,5-10,20H2,1-4H3. The zero-order valence-corrected chi connectivity index (χ0v) is 22.3. The first-order chi connectivity index (χ1) is 16.9. The highest BCUT2D eigenvalue weighted by Gasteiger charge is 2.22. The number of carbonyl (C=O) groups excluding carboxylic acids is 1. The highest BCUT2D eigenvalue weighted by Crippen LogP contribution is 2.41. The van der Waals surface area contributed by atoms with E-state index in [1.807, 2.05) is 12.1 Å². The van der Waals surface area contributed by atoms with Gasteiger partial charge in [-0.05, 0) is 108 Å². The molecule has 0 aromatic heterocycles. The van der Waals surface area contributed by atoms with Crippen molar-refractivity contribution in [2.75, 3.05) is 0 Å². The monoisotopic (exact) mass is 484 g/mol. The Kier molecular flexibility index (Phi) is 8.29. The molecule has 0 amide bonds. The van der Waals surface area contributed by atoms with Crippen LogP contribution in [0.25, 0.3) is 11.1 Å². The van der Waals surface area contributed by atoms with Crippen molar-refractivity contribution in [2.45, 2.75) is 72.6 Å². The van der Waals surface area contributed by atoms with Crippen molar-refractivity contribution < 1.29 is 4.79 Å². The van der Waals surface area contributed by atoms with Crippen molar-refractivity contribution in [3.8, 4) is 0 Å². The van der Waals surface area contributed by atoms with Crippen LogP contribution in [0.15, 0.2) is 60.7 Å². The SMILES string of the molecule is CCCC(CC)Cc1ccc(C2=C(c3ccc(Cl)cc3C)CCCc3cc(C(C)=O)ccc32)cc1. The van der Waals surface area contributed by atoms with Gasteiger partial charge in [-0.2, -0.15) is 0 Å². The molecule has 1 aliphatic rings. The molecule has 0 spiro atoms. The van der Waals surface area contributed by atoms with Crippen LogP contribution in [0, 0.1) is 12.8 Å². The summed E-state index contributed by atoms with van der Waals surface area (Å²) in [6.45, 7) is 8.38. The topological polar surface area (TPSA) is 17.1 Å². The average molecular weight is 485 g/mol. The number of hydrogen-bond acceptors (Lipinski definition) is 1. The third kappa shape index (κ3) is 5.78. The van der Waals surface area contributed by atoms with Crippen molar-refractivity contribution in [3.63, 3.8) is 0 Å². The van der Waals surface area contributed by atoms with Crippen LogP contribution in [-0.4, -0.2) is 5.78 Å². The lowest BCUT2D eigenvalue weighted by Crippen LogP contribution is -2.03. The normalized spacial score (nSPS) is 14.4. The third-order valence-electron chi connectivity index (χ3n) is 7.51. The molecule has 1 atom stereocenters. The summed E-state index contributed by atoms with van der Waals surface area (Å²) in [4.78, 5) is 12.1. The molecule has 35 heavy (non-hydrogen) atoms. The maximum atomic E-state index is 12.1. The number of hydrogen-bond donors (Lipinski definition) is 0. The minimum absolute atomic E-state index is 0.123. The first kappa shape index (κ1) is 25.5. The lowest BCUT2D eigenvalue weighted by Gasteiger charge is -2.19. The van der Waals surface area contributed by atoms with Crippen LogP contribution in [0.5, 0.6) is 0 Å². The fraction of sp³-hybridized carbons (Fsp3) is 0.364. The number of Topliss-reactive ketones (excluding diaryl/α,β-unsaturated/α-hetero) is 1. The molecule has 1 aliphatic carbocycles. The molecule has 0 N–H and O–H groups in total. The molecule has 3 aromatic carbocycles. The van der Waals surface area contributed by atoms with E-state index in [9.17, 15) is 4.79 Å². The summed E-state index contributed by atoms with van der Waals surface area (Å²) in [5.41, 5.74) is 11.1. The molecule has 0 radical (unpaired) electrons. The number of aryl methyl sites for hydroxylation is 2. The second kappa shape index (κ2) is 11.4. The maximum absolute atomic E-state index is 12.1. The summed E-state index contributed by atoms with van der Waals surface area (Å²) in [6.07, 6.45) is 7.93. The van der Waals surface area contributed by atoms with Crippen molar-refractivity contribution >= 4 is 28.5 Å². The van der Waals surface area contributed by atoms with E-state index in [1.165, 1.54) is 63.8 Å². The van der Waals surface area contributed by atoms with Gasteiger partial charge in [-0.3, -0.25) is 4.79 Å². The molecule has 182 valence electrons. The fourth-order valence-electron chi connectivity index (χ4n) is 5.57. The smallest absolute Gasteiger partial charge is 0.159 e. The largest absolute Gasteiger partial charge is 0.295 e. The number of allylic oxidation sites excluding steroid dienone is 1. The van der Waals surface area contributed by atoms with Crippen molar-refractivity contribution in [2.24, 2.45) is 5.92 Å². The maximum Gasteiger partial charge on any atom is 0.159 e.